The van der Waals surface area contributed by atoms with Crippen LogP contribution >= 0.6 is 23.1 Å². The summed E-state index contributed by atoms with van der Waals surface area (Å²) in [6.07, 6.45) is 4.40. The van der Waals surface area contributed by atoms with Crippen molar-refractivity contribution in [3.63, 3.8) is 0 Å². The van der Waals surface area contributed by atoms with Crippen molar-refractivity contribution in [2.75, 3.05) is 5.75 Å². The minimum Gasteiger partial charge on any atom is -0.245 e. The Morgan fingerprint density at radius 2 is 2.19 bits per heavy atom. The van der Waals surface area contributed by atoms with Gasteiger partial charge in [-0.2, -0.15) is 0 Å². The predicted molar refractivity (Wildman–Crippen MR) is 73.2 cm³/mol. The van der Waals surface area contributed by atoms with Crippen LogP contribution in [0, 0.1) is 0 Å². The number of unbranched alkanes of at least 4 members (excludes halogenated alkanes) is 1. The van der Waals surface area contributed by atoms with E-state index in [1.807, 2.05) is 23.3 Å². The van der Waals surface area contributed by atoms with Crippen molar-refractivity contribution in [1.29, 1.82) is 0 Å². The second-order valence-electron chi connectivity index (χ2n) is 3.54. The molecule has 0 unspecified atom stereocenters. The SMILES string of the molecule is CCCCSc1ccccc1-c1nccs1. The lowest BCUT2D eigenvalue weighted by molar-refractivity contribution is 0.896. The van der Waals surface area contributed by atoms with Crippen LogP contribution < -0.4 is 0 Å². The fourth-order valence-electron chi connectivity index (χ4n) is 1.45. The molecule has 0 saturated heterocycles. The smallest absolute Gasteiger partial charge is 0.124 e. The van der Waals surface area contributed by atoms with E-state index in [0.717, 1.165) is 5.01 Å². The van der Waals surface area contributed by atoms with Crippen molar-refractivity contribution < 1.29 is 0 Å². The first-order valence-electron chi connectivity index (χ1n) is 5.53. The van der Waals surface area contributed by atoms with Gasteiger partial charge in [0.15, 0.2) is 0 Å². The lowest BCUT2D eigenvalue weighted by Crippen LogP contribution is -1.83. The largest absolute Gasteiger partial charge is 0.245 e. The fraction of sp³-hybridized carbons (Fsp3) is 0.308. The monoisotopic (exact) mass is 249 g/mol. The molecule has 2 aromatic rings. The normalized spacial score (nSPS) is 10.6. The molecule has 0 bridgehead atoms. The first-order chi connectivity index (χ1) is 7.92. The molecule has 1 heterocycles. The molecule has 1 aromatic heterocycles. The standard InChI is InChI=1S/C13H15NS2/c1-2-3-9-15-12-7-5-4-6-11(12)13-14-8-10-16-13/h4-8,10H,2-3,9H2,1H3. The van der Waals surface area contributed by atoms with Crippen LogP contribution in [0.4, 0.5) is 0 Å². The van der Waals surface area contributed by atoms with Crippen LogP contribution in [0.15, 0.2) is 40.7 Å². The highest BCUT2D eigenvalue weighted by atomic mass is 32.2. The third-order valence-electron chi connectivity index (χ3n) is 2.31. The number of benzene rings is 1. The summed E-state index contributed by atoms with van der Waals surface area (Å²) in [6.45, 7) is 2.23. The van der Waals surface area contributed by atoms with Crippen molar-refractivity contribution >= 4 is 23.1 Å². The Morgan fingerprint density at radius 1 is 1.31 bits per heavy atom. The quantitative estimate of drug-likeness (QED) is 0.562. The van der Waals surface area contributed by atoms with Gasteiger partial charge in [-0.15, -0.1) is 23.1 Å². The summed E-state index contributed by atoms with van der Waals surface area (Å²) in [4.78, 5) is 5.73. The van der Waals surface area contributed by atoms with E-state index in [9.17, 15) is 0 Å². The molecule has 0 fully saturated rings. The molecule has 0 saturated carbocycles. The molecule has 0 aliphatic carbocycles. The third kappa shape index (κ3) is 2.86. The molecule has 0 spiro atoms. The van der Waals surface area contributed by atoms with E-state index in [0.29, 0.717) is 0 Å². The highest BCUT2D eigenvalue weighted by molar-refractivity contribution is 7.99. The van der Waals surface area contributed by atoms with Crippen LogP contribution in [0.3, 0.4) is 0 Å². The average molecular weight is 249 g/mol. The summed E-state index contributed by atoms with van der Waals surface area (Å²) < 4.78 is 0. The maximum atomic E-state index is 4.38. The zero-order valence-electron chi connectivity index (χ0n) is 9.35. The summed E-state index contributed by atoms with van der Waals surface area (Å²) in [5, 5.41) is 3.16. The van der Waals surface area contributed by atoms with Gasteiger partial charge in [0.25, 0.3) is 0 Å². The van der Waals surface area contributed by atoms with Gasteiger partial charge < -0.3 is 0 Å². The van der Waals surface area contributed by atoms with Gasteiger partial charge >= 0.3 is 0 Å². The Balaban J connectivity index is 2.18. The van der Waals surface area contributed by atoms with Crippen LogP contribution in [0.25, 0.3) is 10.6 Å². The van der Waals surface area contributed by atoms with E-state index >= 15 is 0 Å². The summed E-state index contributed by atoms with van der Waals surface area (Å²) >= 11 is 3.64. The maximum Gasteiger partial charge on any atom is 0.124 e. The minimum absolute atomic E-state index is 1.12. The number of aromatic nitrogens is 1. The van der Waals surface area contributed by atoms with E-state index in [1.54, 1.807) is 11.3 Å². The van der Waals surface area contributed by atoms with Crippen molar-refractivity contribution in [1.82, 2.24) is 4.98 Å². The molecule has 1 aromatic carbocycles. The maximum absolute atomic E-state index is 4.38. The first-order valence-corrected chi connectivity index (χ1v) is 7.40. The highest BCUT2D eigenvalue weighted by Crippen LogP contribution is 2.32. The molecule has 0 N–H and O–H groups in total. The van der Waals surface area contributed by atoms with Gasteiger partial charge in [-0.05, 0) is 18.2 Å². The Kier molecular flexibility index (Phi) is 4.43. The minimum atomic E-state index is 1.12. The number of nitrogens with zero attached hydrogens (tertiary/aromatic N) is 1. The Hall–Kier alpha value is -0.800. The van der Waals surface area contributed by atoms with Crippen molar-refractivity contribution in [2.24, 2.45) is 0 Å². The van der Waals surface area contributed by atoms with Gasteiger partial charge in [0.2, 0.25) is 0 Å². The van der Waals surface area contributed by atoms with Crippen LogP contribution in [-0.4, -0.2) is 10.7 Å². The number of hydrogen-bond donors (Lipinski definition) is 0. The molecule has 16 heavy (non-hydrogen) atoms. The Morgan fingerprint density at radius 3 is 2.94 bits per heavy atom. The lowest BCUT2D eigenvalue weighted by atomic mass is 10.2. The molecule has 2 rings (SSSR count). The number of thioether (sulfide) groups is 1. The summed E-state index contributed by atoms with van der Waals surface area (Å²) in [5.41, 5.74) is 1.28. The van der Waals surface area contributed by atoms with Gasteiger partial charge in [-0.25, -0.2) is 4.98 Å². The molecule has 0 amide bonds. The van der Waals surface area contributed by atoms with Crippen LogP contribution in [-0.2, 0) is 0 Å². The van der Waals surface area contributed by atoms with Gasteiger partial charge in [0.1, 0.15) is 5.01 Å². The van der Waals surface area contributed by atoms with Crippen LogP contribution in [0.1, 0.15) is 19.8 Å². The summed E-state index contributed by atoms with van der Waals surface area (Å²) in [7, 11) is 0. The molecule has 0 aliphatic rings. The third-order valence-corrected chi connectivity index (χ3v) is 4.27. The second kappa shape index (κ2) is 6.06. The highest BCUT2D eigenvalue weighted by Gasteiger charge is 2.06. The summed E-state index contributed by atoms with van der Waals surface area (Å²) in [5.74, 6) is 1.19. The van der Waals surface area contributed by atoms with Gasteiger partial charge in [0, 0.05) is 22.0 Å². The topological polar surface area (TPSA) is 12.9 Å². The molecule has 1 nitrogen and oxygen atoms in total. The molecule has 84 valence electrons. The zero-order valence-corrected chi connectivity index (χ0v) is 11.0. The van der Waals surface area contributed by atoms with Crippen LogP contribution in [0.5, 0.6) is 0 Å². The Bertz CT molecular complexity index is 423. The predicted octanol–water partition coefficient (Wildman–Crippen LogP) is 4.70. The lowest BCUT2D eigenvalue weighted by Gasteiger charge is -2.05. The van der Waals surface area contributed by atoms with E-state index in [-0.39, 0.29) is 0 Å². The van der Waals surface area contributed by atoms with E-state index in [4.69, 9.17) is 0 Å². The van der Waals surface area contributed by atoms with E-state index in [1.165, 1.54) is 29.1 Å². The van der Waals surface area contributed by atoms with Gasteiger partial charge in [-0.3, -0.25) is 0 Å². The van der Waals surface area contributed by atoms with Gasteiger partial charge in [0.05, 0.1) is 0 Å². The van der Waals surface area contributed by atoms with E-state index in [2.05, 4.69) is 36.2 Å². The first kappa shape index (κ1) is 11.7. The van der Waals surface area contributed by atoms with Gasteiger partial charge in [-0.1, -0.05) is 31.5 Å². The second-order valence-corrected chi connectivity index (χ2v) is 5.57. The molecular weight excluding hydrogens is 234 g/mol. The van der Waals surface area contributed by atoms with Crippen molar-refractivity contribution in [2.45, 2.75) is 24.7 Å². The van der Waals surface area contributed by atoms with E-state index < -0.39 is 0 Å². The van der Waals surface area contributed by atoms with Crippen LogP contribution in [0.2, 0.25) is 0 Å². The molecule has 3 heteroatoms. The molecule has 0 radical (unpaired) electrons. The number of hydrogen-bond acceptors (Lipinski definition) is 3. The zero-order chi connectivity index (χ0) is 11.2. The number of thiazole rings is 1. The number of rotatable bonds is 5. The van der Waals surface area contributed by atoms with Crippen molar-refractivity contribution in [3.8, 4) is 10.6 Å². The summed E-state index contributed by atoms with van der Waals surface area (Å²) in [6, 6.07) is 8.54. The molecule has 0 aliphatic heterocycles. The fourth-order valence-corrected chi connectivity index (χ4v) is 3.34. The van der Waals surface area contributed by atoms with Crippen molar-refractivity contribution in [3.05, 3.63) is 35.8 Å². The molecule has 0 atom stereocenters. The Labute approximate surface area is 105 Å². The molecular formula is C13H15NS2. The average Bonchev–Trinajstić information content (AvgIpc) is 2.83.